The van der Waals surface area contributed by atoms with Crippen molar-refractivity contribution in [3.05, 3.63) is 122 Å². The van der Waals surface area contributed by atoms with Gasteiger partial charge in [0, 0.05) is 5.69 Å². The maximum Gasteiger partial charge on any atom is 0.416 e. The van der Waals surface area contributed by atoms with Crippen LogP contribution in [0.2, 0.25) is 0 Å². The molecule has 1 aromatic heterocycles. The third-order valence-corrected chi connectivity index (χ3v) is 5.26. The number of carbonyl (C=O) groups is 1. The van der Waals surface area contributed by atoms with E-state index in [0.29, 0.717) is 4.57 Å². The molecule has 0 radical (unpaired) electrons. The molecule has 0 fully saturated rings. The predicted molar refractivity (Wildman–Crippen MR) is 124 cm³/mol. The second kappa shape index (κ2) is 9.61. The molecule has 1 N–H and O–H groups in total. The third kappa shape index (κ3) is 5.24. The molecule has 0 saturated heterocycles. The number of hydrogen-bond donors (Lipinski definition) is 1. The molecule has 1 heterocycles. The first kappa shape index (κ1) is 24.6. The number of aryl methyl sites for hydroxylation is 1. The van der Waals surface area contributed by atoms with Crippen LogP contribution >= 0.6 is 0 Å². The number of anilines is 1. The molecule has 0 spiro atoms. The van der Waals surface area contributed by atoms with E-state index in [-0.39, 0.29) is 16.9 Å². The Morgan fingerprint density at radius 2 is 1.64 bits per heavy atom. The maximum absolute atomic E-state index is 13.5. The second-order valence-electron chi connectivity index (χ2n) is 7.93. The van der Waals surface area contributed by atoms with Crippen molar-refractivity contribution in [1.29, 1.82) is 0 Å². The van der Waals surface area contributed by atoms with Gasteiger partial charge in [-0.15, -0.1) is 0 Å². The largest absolute Gasteiger partial charge is 0.416 e. The third-order valence-electron chi connectivity index (χ3n) is 5.26. The van der Waals surface area contributed by atoms with Gasteiger partial charge in [0.1, 0.15) is 5.82 Å². The summed E-state index contributed by atoms with van der Waals surface area (Å²) in [5, 5.41) is 6.32. The Morgan fingerprint density at radius 3 is 2.25 bits per heavy atom. The molecule has 4 rings (SSSR count). The van der Waals surface area contributed by atoms with E-state index in [9.17, 15) is 31.9 Å². The summed E-state index contributed by atoms with van der Waals surface area (Å²) in [6.07, 6.45) is -4.55. The van der Waals surface area contributed by atoms with E-state index in [4.69, 9.17) is 0 Å². The summed E-state index contributed by atoms with van der Waals surface area (Å²) in [7, 11) is 0. The number of alkyl halides is 3. The molecule has 184 valence electrons. The van der Waals surface area contributed by atoms with Crippen LogP contribution in [-0.2, 0) is 12.7 Å². The average molecular weight is 498 g/mol. The number of aromatic nitrogens is 3. The monoisotopic (exact) mass is 498 g/mol. The van der Waals surface area contributed by atoms with Crippen LogP contribution in [0.4, 0.5) is 23.2 Å². The SMILES string of the molecule is Cc1ccc(-n2nc(C(=O)Nc3cccc(F)c3)c(=O)n(Cc3ccc(C(F)(F)F)cc3)c2=O)cc1. The molecule has 0 atom stereocenters. The summed E-state index contributed by atoms with van der Waals surface area (Å²) in [5.74, 6) is -1.61. The van der Waals surface area contributed by atoms with Gasteiger partial charge < -0.3 is 5.32 Å². The van der Waals surface area contributed by atoms with E-state index in [1.807, 2.05) is 6.92 Å². The number of benzene rings is 3. The van der Waals surface area contributed by atoms with Crippen molar-refractivity contribution in [3.63, 3.8) is 0 Å². The molecule has 0 aliphatic heterocycles. The maximum atomic E-state index is 13.5. The van der Waals surface area contributed by atoms with Crippen molar-refractivity contribution in [2.45, 2.75) is 19.6 Å². The summed E-state index contributed by atoms with van der Waals surface area (Å²) in [5.41, 5.74) is -2.08. The number of nitrogens with one attached hydrogen (secondary N) is 1. The van der Waals surface area contributed by atoms with Crippen LogP contribution in [0.1, 0.15) is 27.2 Å². The van der Waals surface area contributed by atoms with Crippen LogP contribution < -0.4 is 16.6 Å². The number of amides is 1. The average Bonchev–Trinajstić information content (AvgIpc) is 2.82. The zero-order valence-corrected chi connectivity index (χ0v) is 18.7. The Hall–Kier alpha value is -4.54. The van der Waals surface area contributed by atoms with Crippen LogP contribution in [0.3, 0.4) is 0 Å². The standard InChI is InChI=1S/C25H18F4N4O3/c1-15-5-11-20(12-6-15)33-24(36)32(14-16-7-9-17(10-8-16)25(27,28)29)23(35)21(31-33)22(34)30-19-4-2-3-18(26)13-19/h2-13H,14H2,1H3,(H,30,34). The van der Waals surface area contributed by atoms with Gasteiger partial charge in [-0.1, -0.05) is 35.9 Å². The van der Waals surface area contributed by atoms with Crippen LogP contribution in [0.25, 0.3) is 5.69 Å². The molecule has 7 nitrogen and oxygen atoms in total. The Bertz CT molecular complexity index is 1540. The molecule has 1 amide bonds. The molecule has 0 saturated carbocycles. The van der Waals surface area contributed by atoms with Crippen LogP contribution in [0.15, 0.2) is 82.4 Å². The van der Waals surface area contributed by atoms with E-state index in [1.54, 1.807) is 24.3 Å². The number of rotatable bonds is 5. The molecule has 3 aromatic carbocycles. The van der Waals surface area contributed by atoms with Crippen molar-refractivity contribution >= 4 is 11.6 Å². The summed E-state index contributed by atoms with van der Waals surface area (Å²) in [4.78, 5) is 39.2. The summed E-state index contributed by atoms with van der Waals surface area (Å²) < 4.78 is 53.8. The van der Waals surface area contributed by atoms with E-state index in [0.717, 1.165) is 40.6 Å². The molecule has 0 aliphatic rings. The van der Waals surface area contributed by atoms with Gasteiger partial charge in [0.15, 0.2) is 0 Å². The molecule has 4 aromatic rings. The minimum Gasteiger partial charge on any atom is -0.320 e. The van der Waals surface area contributed by atoms with Crippen LogP contribution in [0, 0.1) is 12.7 Å². The zero-order valence-electron chi connectivity index (χ0n) is 18.7. The fourth-order valence-corrected chi connectivity index (χ4v) is 3.39. The Kier molecular flexibility index (Phi) is 6.56. The van der Waals surface area contributed by atoms with E-state index >= 15 is 0 Å². The van der Waals surface area contributed by atoms with E-state index in [1.165, 1.54) is 18.2 Å². The molecular formula is C25H18F4N4O3. The minimum absolute atomic E-state index is 0.0589. The Labute approximate surface area is 201 Å². The summed E-state index contributed by atoms with van der Waals surface area (Å²) >= 11 is 0. The van der Waals surface area contributed by atoms with Gasteiger partial charge >= 0.3 is 11.9 Å². The van der Waals surface area contributed by atoms with Gasteiger partial charge in [-0.2, -0.15) is 23.0 Å². The first-order valence-electron chi connectivity index (χ1n) is 10.6. The summed E-state index contributed by atoms with van der Waals surface area (Å²) in [6, 6.07) is 15.4. The molecule has 0 bridgehead atoms. The van der Waals surface area contributed by atoms with Crippen molar-refractivity contribution in [1.82, 2.24) is 14.3 Å². The van der Waals surface area contributed by atoms with E-state index < -0.39 is 47.0 Å². The number of hydrogen-bond acceptors (Lipinski definition) is 4. The number of carbonyl (C=O) groups excluding carboxylic acids is 1. The smallest absolute Gasteiger partial charge is 0.320 e. The van der Waals surface area contributed by atoms with E-state index in [2.05, 4.69) is 10.4 Å². The zero-order chi connectivity index (χ0) is 26.0. The lowest BCUT2D eigenvalue weighted by Crippen LogP contribution is -2.45. The van der Waals surface area contributed by atoms with Crippen molar-refractivity contribution < 1.29 is 22.4 Å². The first-order chi connectivity index (χ1) is 17.0. The van der Waals surface area contributed by atoms with Gasteiger partial charge in [0.05, 0.1) is 17.8 Å². The molecular weight excluding hydrogens is 480 g/mol. The predicted octanol–water partition coefficient (Wildman–Crippen LogP) is 4.16. The van der Waals surface area contributed by atoms with Crippen molar-refractivity contribution in [3.8, 4) is 5.69 Å². The quantitative estimate of drug-likeness (QED) is 0.419. The topological polar surface area (TPSA) is 86.0 Å². The lowest BCUT2D eigenvalue weighted by atomic mass is 10.1. The fraction of sp³-hybridized carbons (Fsp3) is 0.120. The molecule has 11 heteroatoms. The van der Waals surface area contributed by atoms with Gasteiger partial charge in [0.25, 0.3) is 11.5 Å². The lowest BCUT2D eigenvalue weighted by Gasteiger charge is -2.13. The first-order valence-corrected chi connectivity index (χ1v) is 10.6. The Morgan fingerprint density at radius 1 is 0.972 bits per heavy atom. The number of halogens is 4. The normalized spacial score (nSPS) is 11.4. The lowest BCUT2D eigenvalue weighted by molar-refractivity contribution is -0.137. The highest BCUT2D eigenvalue weighted by molar-refractivity contribution is 6.02. The van der Waals surface area contributed by atoms with Crippen molar-refractivity contribution in [2.75, 3.05) is 5.32 Å². The highest BCUT2D eigenvalue weighted by Gasteiger charge is 2.30. The minimum atomic E-state index is -4.55. The molecule has 36 heavy (non-hydrogen) atoms. The molecule has 0 unspecified atom stereocenters. The van der Waals surface area contributed by atoms with Crippen molar-refractivity contribution in [2.24, 2.45) is 0 Å². The van der Waals surface area contributed by atoms with Gasteiger partial charge in [-0.3, -0.25) is 14.2 Å². The fourth-order valence-electron chi connectivity index (χ4n) is 3.39. The molecule has 0 aliphatic carbocycles. The highest BCUT2D eigenvalue weighted by atomic mass is 19.4. The van der Waals surface area contributed by atoms with Crippen LogP contribution in [-0.4, -0.2) is 20.3 Å². The highest BCUT2D eigenvalue weighted by Crippen LogP contribution is 2.29. The summed E-state index contributed by atoms with van der Waals surface area (Å²) in [6.45, 7) is 1.41. The van der Waals surface area contributed by atoms with Crippen LogP contribution in [0.5, 0.6) is 0 Å². The van der Waals surface area contributed by atoms with Gasteiger partial charge in [-0.25, -0.2) is 9.18 Å². The Balaban J connectivity index is 1.81. The van der Waals surface area contributed by atoms with Gasteiger partial charge in [0.2, 0.25) is 5.69 Å². The second-order valence-corrected chi connectivity index (χ2v) is 7.93. The van der Waals surface area contributed by atoms with Gasteiger partial charge in [-0.05, 0) is 55.0 Å². The number of nitrogens with zero attached hydrogens (tertiary/aromatic N) is 3.